The molecule has 2 amide bonds. The molecule has 1 aromatic carbocycles. The number of phenols is 1. The van der Waals surface area contributed by atoms with Crippen LogP contribution in [-0.2, 0) is 9.59 Å². The standard InChI is InChI=1S/C18H20N2O3/c21-15-3-1-2-13(10-15)19-8-6-18(7-9-19)11-14(12-18)20-16(22)4-5-17(20)23/h1-5,10,14,21H,6-9,11-12H2. The average molecular weight is 312 g/mol. The first-order valence-corrected chi connectivity index (χ1v) is 8.16. The average Bonchev–Trinajstić information content (AvgIpc) is 2.84. The molecule has 5 heteroatoms. The largest absolute Gasteiger partial charge is 0.508 e. The second-order valence-electron chi connectivity index (χ2n) is 6.95. The van der Waals surface area contributed by atoms with Crippen LogP contribution in [0.1, 0.15) is 25.7 Å². The number of piperidine rings is 1. The fourth-order valence-electron chi connectivity index (χ4n) is 4.23. The summed E-state index contributed by atoms with van der Waals surface area (Å²) in [6.07, 6.45) is 6.75. The SMILES string of the molecule is O=C1C=CC(=O)N1C1CC2(CCN(c3cccc(O)c3)CC2)C1. The van der Waals surface area contributed by atoms with Crippen molar-refractivity contribution < 1.29 is 14.7 Å². The number of hydrogen-bond donors (Lipinski definition) is 1. The van der Waals surface area contributed by atoms with E-state index in [1.807, 2.05) is 12.1 Å². The first-order valence-electron chi connectivity index (χ1n) is 8.16. The Balaban J connectivity index is 1.36. The molecule has 23 heavy (non-hydrogen) atoms. The number of nitrogens with zero attached hydrogens (tertiary/aromatic N) is 2. The van der Waals surface area contributed by atoms with Gasteiger partial charge >= 0.3 is 0 Å². The van der Waals surface area contributed by atoms with Gasteiger partial charge in [0.2, 0.25) is 0 Å². The van der Waals surface area contributed by atoms with Gasteiger partial charge in [-0.05, 0) is 43.2 Å². The van der Waals surface area contributed by atoms with Crippen molar-refractivity contribution in [1.82, 2.24) is 4.90 Å². The molecule has 2 heterocycles. The van der Waals surface area contributed by atoms with Crippen LogP contribution >= 0.6 is 0 Å². The van der Waals surface area contributed by atoms with Crippen LogP contribution in [0.25, 0.3) is 0 Å². The number of benzene rings is 1. The van der Waals surface area contributed by atoms with E-state index in [1.54, 1.807) is 12.1 Å². The number of aromatic hydroxyl groups is 1. The molecule has 4 rings (SSSR count). The normalized spacial score (nSPS) is 23.7. The summed E-state index contributed by atoms with van der Waals surface area (Å²) in [5.41, 5.74) is 1.34. The second kappa shape index (κ2) is 5.11. The van der Waals surface area contributed by atoms with Crippen molar-refractivity contribution in [2.75, 3.05) is 18.0 Å². The Kier molecular flexibility index (Phi) is 3.18. The van der Waals surface area contributed by atoms with Gasteiger partial charge in [-0.1, -0.05) is 6.07 Å². The minimum atomic E-state index is -0.160. The van der Waals surface area contributed by atoms with Crippen molar-refractivity contribution in [3.8, 4) is 5.75 Å². The maximum absolute atomic E-state index is 11.7. The fraction of sp³-hybridized carbons (Fsp3) is 0.444. The first-order chi connectivity index (χ1) is 11.1. The van der Waals surface area contributed by atoms with Gasteiger partial charge in [0.15, 0.2) is 0 Å². The lowest BCUT2D eigenvalue weighted by Gasteiger charge is -2.54. The summed E-state index contributed by atoms with van der Waals surface area (Å²) < 4.78 is 0. The lowest BCUT2D eigenvalue weighted by molar-refractivity contribution is -0.145. The van der Waals surface area contributed by atoms with Crippen molar-refractivity contribution in [3.63, 3.8) is 0 Å². The molecule has 2 aliphatic heterocycles. The van der Waals surface area contributed by atoms with E-state index in [0.29, 0.717) is 5.75 Å². The highest BCUT2D eigenvalue weighted by Gasteiger charge is 2.50. The highest BCUT2D eigenvalue weighted by atomic mass is 16.3. The highest BCUT2D eigenvalue weighted by Crippen LogP contribution is 2.51. The Hall–Kier alpha value is -2.30. The molecule has 1 aromatic rings. The van der Waals surface area contributed by atoms with Crippen LogP contribution in [0, 0.1) is 5.41 Å². The van der Waals surface area contributed by atoms with Crippen molar-refractivity contribution in [3.05, 3.63) is 36.4 Å². The van der Waals surface area contributed by atoms with E-state index < -0.39 is 0 Å². The van der Waals surface area contributed by atoms with Crippen LogP contribution < -0.4 is 4.90 Å². The lowest BCUT2D eigenvalue weighted by atomic mass is 9.60. The van der Waals surface area contributed by atoms with Crippen molar-refractivity contribution in [2.45, 2.75) is 31.7 Å². The Morgan fingerprint density at radius 2 is 1.70 bits per heavy atom. The fourth-order valence-corrected chi connectivity index (χ4v) is 4.23. The molecule has 0 unspecified atom stereocenters. The number of carbonyl (C=O) groups excluding carboxylic acids is 2. The van der Waals surface area contributed by atoms with Gasteiger partial charge in [0.1, 0.15) is 5.75 Å². The highest BCUT2D eigenvalue weighted by molar-refractivity contribution is 6.13. The minimum Gasteiger partial charge on any atom is -0.508 e. The lowest BCUT2D eigenvalue weighted by Crippen LogP contribution is -2.56. The van der Waals surface area contributed by atoms with Gasteiger partial charge in [0.25, 0.3) is 11.8 Å². The van der Waals surface area contributed by atoms with E-state index >= 15 is 0 Å². The maximum atomic E-state index is 11.7. The van der Waals surface area contributed by atoms with Crippen molar-refractivity contribution in [1.29, 1.82) is 0 Å². The van der Waals surface area contributed by atoms with Crippen LogP contribution in [0.5, 0.6) is 5.75 Å². The van der Waals surface area contributed by atoms with Crippen LogP contribution in [0.3, 0.4) is 0 Å². The predicted molar refractivity (Wildman–Crippen MR) is 86.0 cm³/mol. The Bertz CT molecular complexity index is 663. The Morgan fingerprint density at radius 3 is 2.30 bits per heavy atom. The zero-order chi connectivity index (χ0) is 16.0. The van der Waals surface area contributed by atoms with Crippen LogP contribution in [0.4, 0.5) is 5.69 Å². The molecule has 1 aliphatic carbocycles. The third kappa shape index (κ3) is 2.40. The smallest absolute Gasteiger partial charge is 0.253 e. The zero-order valence-corrected chi connectivity index (χ0v) is 12.9. The van der Waals surface area contributed by atoms with E-state index in [2.05, 4.69) is 4.90 Å². The van der Waals surface area contributed by atoms with Gasteiger partial charge in [-0.25, -0.2) is 0 Å². The summed E-state index contributed by atoms with van der Waals surface area (Å²) in [5.74, 6) is -0.0239. The molecule has 3 aliphatic rings. The quantitative estimate of drug-likeness (QED) is 0.849. The number of amides is 2. The van der Waals surface area contributed by atoms with Gasteiger partial charge in [0, 0.05) is 43.0 Å². The third-order valence-electron chi connectivity index (χ3n) is 5.56. The van der Waals surface area contributed by atoms with E-state index in [1.165, 1.54) is 17.1 Å². The van der Waals surface area contributed by atoms with Crippen LogP contribution in [-0.4, -0.2) is 41.0 Å². The molecule has 1 N–H and O–H groups in total. The molecular weight excluding hydrogens is 292 g/mol. The monoisotopic (exact) mass is 312 g/mol. The summed E-state index contributed by atoms with van der Waals surface area (Å²) in [7, 11) is 0. The molecule has 0 atom stereocenters. The molecule has 0 aromatic heterocycles. The summed E-state index contributed by atoms with van der Waals surface area (Å²) in [6.45, 7) is 1.91. The summed E-state index contributed by atoms with van der Waals surface area (Å²) >= 11 is 0. The molecular formula is C18H20N2O3. The summed E-state index contributed by atoms with van der Waals surface area (Å²) in [5, 5.41) is 9.61. The second-order valence-corrected chi connectivity index (χ2v) is 6.95. The topological polar surface area (TPSA) is 60.9 Å². The molecule has 0 bridgehead atoms. The van der Waals surface area contributed by atoms with E-state index in [4.69, 9.17) is 0 Å². The van der Waals surface area contributed by atoms with Crippen molar-refractivity contribution >= 4 is 17.5 Å². The Labute approximate surface area is 135 Å². The zero-order valence-electron chi connectivity index (χ0n) is 12.9. The van der Waals surface area contributed by atoms with Gasteiger partial charge in [-0.2, -0.15) is 0 Å². The summed E-state index contributed by atoms with van der Waals surface area (Å²) in [4.78, 5) is 27.2. The number of hydrogen-bond acceptors (Lipinski definition) is 4. The summed E-state index contributed by atoms with van der Waals surface area (Å²) in [6, 6.07) is 7.45. The maximum Gasteiger partial charge on any atom is 0.253 e. The first kappa shape index (κ1) is 14.3. The molecule has 1 saturated carbocycles. The molecule has 1 spiro atoms. The molecule has 120 valence electrons. The van der Waals surface area contributed by atoms with E-state index in [-0.39, 0.29) is 23.3 Å². The van der Waals surface area contributed by atoms with E-state index in [0.717, 1.165) is 44.5 Å². The predicted octanol–water partition coefficient (Wildman–Crippen LogP) is 2.07. The third-order valence-corrected chi connectivity index (χ3v) is 5.56. The van der Waals surface area contributed by atoms with Crippen molar-refractivity contribution in [2.24, 2.45) is 5.41 Å². The van der Waals surface area contributed by atoms with Gasteiger partial charge in [-0.3, -0.25) is 14.5 Å². The van der Waals surface area contributed by atoms with Gasteiger partial charge < -0.3 is 10.0 Å². The number of imide groups is 1. The number of rotatable bonds is 2. The minimum absolute atomic E-state index is 0.0809. The van der Waals surface area contributed by atoms with Gasteiger partial charge in [0.05, 0.1) is 0 Å². The Morgan fingerprint density at radius 1 is 1.04 bits per heavy atom. The number of phenolic OH excluding ortho intramolecular Hbond substituents is 1. The number of anilines is 1. The van der Waals surface area contributed by atoms with Gasteiger partial charge in [-0.15, -0.1) is 0 Å². The number of carbonyl (C=O) groups is 2. The molecule has 5 nitrogen and oxygen atoms in total. The van der Waals surface area contributed by atoms with Crippen LogP contribution in [0.15, 0.2) is 36.4 Å². The molecule has 1 saturated heterocycles. The molecule has 0 radical (unpaired) electrons. The van der Waals surface area contributed by atoms with Crippen LogP contribution in [0.2, 0.25) is 0 Å². The van der Waals surface area contributed by atoms with E-state index in [9.17, 15) is 14.7 Å². The molecule has 2 fully saturated rings.